The zero-order valence-electron chi connectivity index (χ0n) is 11.0. The fourth-order valence-electron chi connectivity index (χ4n) is 2.19. The Morgan fingerprint density at radius 1 is 1.22 bits per heavy atom. The molecule has 0 bridgehead atoms. The minimum absolute atomic E-state index is 0.407. The number of hydrogen-bond donors (Lipinski definition) is 1. The normalized spacial score (nSPS) is 12.7. The van der Waals surface area contributed by atoms with Crippen LogP contribution in [0.2, 0.25) is 0 Å². The van der Waals surface area contributed by atoms with Crippen LogP contribution in [0.25, 0.3) is 0 Å². The monoisotopic (exact) mass is 323 g/mol. The summed E-state index contributed by atoms with van der Waals surface area (Å²) in [5, 5.41) is 3.43. The van der Waals surface area contributed by atoms with E-state index in [0.717, 1.165) is 10.9 Å². The molecule has 2 aromatic rings. The van der Waals surface area contributed by atoms with E-state index in [4.69, 9.17) is 0 Å². The van der Waals surface area contributed by atoms with E-state index < -0.39 is 0 Å². The lowest BCUT2D eigenvalue weighted by Crippen LogP contribution is -2.18. The molecule has 0 saturated heterocycles. The molecule has 3 heteroatoms. The second kappa shape index (κ2) is 6.00. The van der Waals surface area contributed by atoms with E-state index in [2.05, 4.69) is 65.4 Å². The van der Waals surface area contributed by atoms with Crippen molar-refractivity contribution in [3.05, 3.63) is 55.7 Å². The quantitative estimate of drug-likeness (QED) is 0.864. The molecule has 1 aromatic heterocycles. The molecule has 0 saturated carbocycles. The van der Waals surface area contributed by atoms with Gasteiger partial charge in [-0.15, -0.1) is 11.3 Å². The SMILES string of the molecule is CNC(Cc1ccc(Br)cc1)c1sc(C)cc1C. The third-order valence-electron chi connectivity index (χ3n) is 3.10. The van der Waals surface area contributed by atoms with Gasteiger partial charge in [0.2, 0.25) is 0 Å². The Morgan fingerprint density at radius 3 is 2.39 bits per heavy atom. The first-order valence-corrected chi connectivity index (χ1v) is 7.69. The van der Waals surface area contributed by atoms with Gasteiger partial charge in [0.25, 0.3) is 0 Å². The zero-order valence-corrected chi connectivity index (χ0v) is 13.4. The highest BCUT2D eigenvalue weighted by molar-refractivity contribution is 9.10. The number of likely N-dealkylation sites (N-methyl/N-ethyl adjacent to an activating group) is 1. The summed E-state index contributed by atoms with van der Waals surface area (Å²) in [5.41, 5.74) is 2.76. The van der Waals surface area contributed by atoms with Crippen molar-refractivity contribution in [2.75, 3.05) is 7.05 Å². The van der Waals surface area contributed by atoms with Gasteiger partial charge in [-0.25, -0.2) is 0 Å². The Bertz CT molecular complexity index is 516. The second-order valence-corrected chi connectivity index (χ2v) is 6.78. The number of nitrogens with one attached hydrogen (secondary N) is 1. The van der Waals surface area contributed by atoms with Crippen LogP contribution in [0.4, 0.5) is 0 Å². The summed E-state index contributed by atoms with van der Waals surface area (Å²) in [6.07, 6.45) is 1.03. The molecule has 1 N–H and O–H groups in total. The maximum Gasteiger partial charge on any atom is 0.0456 e. The summed E-state index contributed by atoms with van der Waals surface area (Å²) in [4.78, 5) is 2.84. The third kappa shape index (κ3) is 3.22. The van der Waals surface area contributed by atoms with Crippen LogP contribution in [0, 0.1) is 13.8 Å². The summed E-state index contributed by atoms with van der Waals surface area (Å²) in [7, 11) is 2.04. The molecule has 96 valence electrons. The van der Waals surface area contributed by atoms with Gasteiger partial charge in [-0.3, -0.25) is 0 Å². The molecule has 0 aliphatic rings. The van der Waals surface area contributed by atoms with Crippen molar-refractivity contribution in [2.45, 2.75) is 26.3 Å². The predicted octanol–water partition coefficient (Wildman–Crippen LogP) is 4.63. The van der Waals surface area contributed by atoms with E-state index in [1.54, 1.807) is 0 Å². The highest BCUT2D eigenvalue weighted by Gasteiger charge is 2.15. The van der Waals surface area contributed by atoms with Gasteiger partial charge in [-0.2, -0.15) is 0 Å². The highest BCUT2D eigenvalue weighted by atomic mass is 79.9. The minimum Gasteiger partial charge on any atom is -0.312 e. The lowest BCUT2D eigenvalue weighted by Gasteiger charge is -2.16. The van der Waals surface area contributed by atoms with Crippen molar-refractivity contribution < 1.29 is 0 Å². The van der Waals surface area contributed by atoms with Gasteiger partial charge in [0.05, 0.1) is 0 Å². The van der Waals surface area contributed by atoms with Crippen molar-refractivity contribution >= 4 is 27.3 Å². The van der Waals surface area contributed by atoms with Crippen LogP contribution in [-0.4, -0.2) is 7.05 Å². The molecule has 2 rings (SSSR count). The van der Waals surface area contributed by atoms with E-state index in [1.807, 2.05) is 18.4 Å². The summed E-state index contributed by atoms with van der Waals surface area (Å²) in [6.45, 7) is 4.37. The van der Waals surface area contributed by atoms with Crippen molar-refractivity contribution in [1.82, 2.24) is 5.32 Å². The topological polar surface area (TPSA) is 12.0 Å². The molecular weight excluding hydrogens is 306 g/mol. The Balaban J connectivity index is 2.19. The smallest absolute Gasteiger partial charge is 0.0456 e. The van der Waals surface area contributed by atoms with E-state index >= 15 is 0 Å². The zero-order chi connectivity index (χ0) is 13.1. The van der Waals surface area contributed by atoms with E-state index in [9.17, 15) is 0 Å². The van der Waals surface area contributed by atoms with Crippen LogP contribution >= 0.6 is 27.3 Å². The fraction of sp³-hybridized carbons (Fsp3) is 0.333. The van der Waals surface area contributed by atoms with Crippen molar-refractivity contribution in [2.24, 2.45) is 0 Å². The molecule has 18 heavy (non-hydrogen) atoms. The van der Waals surface area contributed by atoms with Crippen LogP contribution in [0.15, 0.2) is 34.8 Å². The van der Waals surface area contributed by atoms with Gasteiger partial charge in [0.15, 0.2) is 0 Å². The van der Waals surface area contributed by atoms with Crippen molar-refractivity contribution in [3.63, 3.8) is 0 Å². The minimum atomic E-state index is 0.407. The lowest BCUT2D eigenvalue weighted by molar-refractivity contribution is 0.599. The number of rotatable bonds is 4. The van der Waals surface area contributed by atoms with Crippen LogP contribution in [0.3, 0.4) is 0 Å². The first-order valence-electron chi connectivity index (χ1n) is 6.09. The molecule has 0 aliphatic carbocycles. The van der Waals surface area contributed by atoms with Crippen LogP contribution < -0.4 is 5.32 Å². The van der Waals surface area contributed by atoms with Gasteiger partial charge >= 0.3 is 0 Å². The lowest BCUT2D eigenvalue weighted by atomic mass is 10.0. The van der Waals surface area contributed by atoms with E-state index in [1.165, 1.54) is 20.9 Å². The Morgan fingerprint density at radius 2 is 1.89 bits per heavy atom. The highest BCUT2D eigenvalue weighted by Crippen LogP contribution is 2.29. The average Bonchev–Trinajstić information content (AvgIpc) is 2.68. The molecular formula is C15H18BrNS. The molecule has 0 aliphatic heterocycles. The molecule has 0 spiro atoms. The first kappa shape index (κ1) is 13.8. The molecule has 0 radical (unpaired) electrons. The molecule has 0 fully saturated rings. The average molecular weight is 324 g/mol. The molecule has 0 amide bonds. The van der Waals surface area contributed by atoms with Crippen LogP contribution in [0.5, 0.6) is 0 Å². The van der Waals surface area contributed by atoms with Crippen molar-refractivity contribution in [3.8, 4) is 0 Å². The molecule has 1 heterocycles. The Hall–Kier alpha value is -0.640. The van der Waals surface area contributed by atoms with Gasteiger partial charge in [0.1, 0.15) is 0 Å². The van der Waals surface area contributed by atoms with Gasteiger partial charge in [-0.1, -0.05) is 28.1 Å². The van der Waals surface area contributed by atoms with E-state index in [0.29, 0.717) is 6.04 Å². The molecule has 1 unspecified atom stereocenters. The van der Waals surface area contributed by atoms with E-state index in [-0.39, 0.29) is 0 Å². The van der Waals surface area contributed by atoms with Crippen molar-refractivity contribution in [1.29, 1.82) is 0 Å². The summed E-state index contributed by atoms with van der Waals surface area (Å²) < 4.78 is 1.13. The standard InChI is InChI=1S/C15H18BrNS/c1-10-8-11(2)18-15(10)14(17-3)9-12-4-6-13(16)7-5-12/h4-8,14,17H,9H2,1-3H3. The van der Waals surface area contributed by atoms with Crippen LogP contribution in [0.1, 0.15) is 26.9 Å². The fourth-order valence-corrected chi connectivity index (χ4v) is 3.60. The predicted molar refractivity (Wildman–Crippen MR) is 83.4 cm³/mol. The molecule has 1 nitrogen and oxygen atoms in total. The summed E-state index contributed by atoms with van der Waals surface area (Å²) in [6, 6.07) is 11.3. The molecule has 1 atom stereocenters. The summed E-state index contributed by atoms with van der Waals surface area (Å²) in [5.74, 6) is 0. The first-order chi connectivity index (χ1) is 8.60. The summed E-state index contributed by atoms with van der Waals surface area (Å²) >= 11 is 5.37. The molecule has 1 aromatic carbocycles. The number of aryl methyl sites for hydroxylation is 2. The van der Waals surface area contributed by atoms with Gasteiger partial charge in [-0.05, 0) is 56.6 Å². The second-order valence-electron chi connectivity index (χ2n) is 4.58. The largest absolute Gasteiger partial charge is 0.312 e. The number of halogens is 1. The Labute approximate surface area is 121 Å². The maximum absolute atomic E-state index is 3.48. The third-order valence-corrected chi connectivity index (χ3v) is 4.89. The maximum atomic E-state index is 3.48. The number of benzene rings is 1. The number of thiophene rings is 1. The Kier molecular flexibility index (Phi) is 4.60. The van der Waals surface area contributed by atoms with Gasteiger partial charge < -0.3 is 5.32 Å². The van der Waals surface area contributed by atoms with Gasteiger partial charge in [0, 0.05) is 20.3 Å². The van der Waals surface area contributed by atoms with Crippen LogP contribution in [-0.2, 0) is 6.42 Å². The number of hydrogen-bond acceptors (Lipinski definition) is 2.